The molecule has 0 fully saturated rings. The maximum absolute atomic E-state index is 13.0. The number of esters is 1. The van der Waals surface area contributed by atoms with Crippen LogP contribution in [0.3, 0.4) is 0 Å². The molecule has 0 aliphatic carbocycles. The molecule has 1 amide bonds. The smallest absolute Gasteiger partial charge is 0.408 e. The molecule has 6 nitrogen and oxygen atoms in total. The number of carbonyl (C=O) groups is 2. The number of carbonyl (C=O) groups excluding carboxylic acids is 2. The van der Waals surface area contributed by atoms with E-state index in [1.54, 1.807) is 27.0 Å². The summed E-state index contributed by atoms with van der Waals surface area (Å²) in [6, 6.07) is 9.50. The molecule has 0 radical (unpaired) electrons. The minimum atomic E-state index is -1.04. The van der Waals surface area contributed by atoms with E-state index in [0.717, 1.165) is 16.5 Å². The van der Waals surface area contributed by atoms with Crippen molar-refractivity contribution in [2.75, 3.05) is 0 Å². The zero-order chi connectivity index (χ0) is 22.8. The Bertz CT molecular complexity index is 1120. The van der Waals surface area contributed by atoms with Crippen LogP contribution >= 0.6 is 34.8 Å². The number of hydrogen-bond acceptors (Lipinski definition) is 4. The van der Waals surface area contributed by atoms with E-state index < -0.39 is 23.7 Å². The van der Waals surface area contributed by atoms with Gasteiger partial charge in [-0.25, -0.2) is 9.59 Å². The first kappa shape index (κ1) is 23.3. The minimum absolute atomic E-state index is 0.00521. The summed E-state index contributed by atoms with van der Waals surface area (Å²) >= 11 is 18.1. The van der Waals surface area contributed by atoms with Crippen molar-refractivity contribution in [1.29, 1.82) is 0 Å². The molecule has 0 saturated carbocycles. The van der Waals surface area contributed by atoms with Gasteiger partial charge in [0.15, 0.2) is 5.75 Å². The van der Waals surface area contributed by atoms with E-state index in [-0.39, 0.29) is 27.2 Å². The standard InChI is InChI=1S/C22H21Cl3N2O4/c1-22(2,3)31-21(29)27-16(10-12-11-26-15-7-5-4-6-13(12)15)20(28)30-17-9-8-14(23)18(24)19(17)25/h4-9,11,16,26H,10H2,1-3H3,(H,27,29)/t16-/m0/s1. The Morgan fingerprint density at radius 1 is 1.06 bits per heavy atom. The SMILES string of the molecule is CC(C)(C)OC(=O)N[C@@H](Cc1c[nH]c2ccccc12)C(=O)Oc1ccc(Cl)c(Cl)c1Cl. The molecule has 1 heterocycles. The molecule has 0 unspecified atom stereocenters. The van der Waals surface area contributed by atoms with Crippen LogP contribution in [0.1, 0.15) is 26.3 Å². The number of H-pyrrole nitrogens is 1. The van der Waals surface area contributed by atoms with Gasteiger partial charge in [-0.3, -0.25) is 0 Å². The summed E-state index contributed by atoms with van der Waals surface area (Å²) in [6.45, 7) is 5.19. The van der Waals surface area contributed by atoms with Gasteiger partial charge in [-0.2, -0.15) is 0 Å². The van der Waals surface area contributed by atoms with Crippen LogP contribution in [-0.4, -0.2) is 28.7 Å². The average Bonchev–Trinajstić information content (AvgIpc) is 3.09. The number of amides is 1. The van der Waals surface area contributed by atoms with E-state index in [2.05, 4.69) is 10.3 Å². The molecule has 164 valence electrons. The van der Waals surface area contributed by atoms with Crippen LogP contribution in [0.4, 0.5) is 4.79 Å². The Morgan fingerprint density at radius 2 is 1.77 bits per heavy atom. The Labute approximate surface area is 194 Å². The third-order valence-corrected chi connectivity index (χ3v) is 5.56. The zero-order valence-corrected chi connectivity index (χ0v) is 19.4. The highest BCUT2D eigenvalue weighted by Gasteiger charge is 2.28. The van der Waals surface area contributed by atoms with Crippen LogP contribution in [0.25, 0.3) is 10.9 Å². The van der Waals surface area contributed by atoms with Crippen LogP contribution in [0, 0.1) is 0 Å². The second-order valence-electron chi connectivity index (χ2n) is 7.86. The van der Waals surface area contributed by atoms with Gasteiger partial charge in [-0.05, 0) is 44.5 Å². The first-order chi connectivity index (χ1) is 14.5. The summed E-state index contributed by atoms with van der Waals surface area (Å²) in [7, 11) is 0. The molecule has 9 heteroatoms. The fraction of sp³-hybridized carbons (Fsp3) is 0.273. The first-order valence-corrected chi connectivity index (χ1v) is 10.6. The lowest BCUT2D eigenvalue weighted by molar-refractivity contribution is -0.136. The number of benzene rings is 2. The average molecular weight is 484 g/mol. The van der Waals surface area contributed by atoms with E-state index in [0.29, 0.717) is 0 Å². The van der Waals surface area contributed by atoms with Gasteiger partial charge in [-0.1, -0.05) is 53.0 Å². The van der Waals surface area contributed by atoms with Gasteiger partial charge in [0.25, 0.3) is 0 Å². The number of fused-ring (bicyclic) bond motifs is 1. The van der Waals surface area contributed by atoms with Gasteiger partial charge in [-0.15, -0.1) is 0 Å². The van der Waals surface area contributed by atoms with Crippen molar-refractivity contribution in [2.45, 2.75) is 38.8 Å². The van der Waals surface area contributed by atoms with Crippen molar-refractivity contribution in [3.05, 3.63) is 63.2 Å². The summed E-state index contributed by atoms with van der Waals surface area (Å²) in [6.07, 6.45) is 1.21. The van der Waals surface area contributed by atoms with Gasteiger partial charge in [0.05, 0.1) is 10.0 Å². The van der Waals surface area contributed by atoms with Crippen LogP contribution in [-0.2, 0) is 16.0 Å². The highest BCUT2D eigenvalue weighted by molar-refractivity contribution is 6.48. The second kappa shape index (κ2) is 9.39. The highest BCUT2D eigenvalue weighted by atomic mass is 35.5. The molecule has 3 aromatic rings. The lowest BCUT2D eigenvalue weighted by Crippen LogP contribution is -2.46. The van der Waals surface area contributed by atoms with Crippen molar-refractivity contribution in [1.82, 2.24) is 10.3 Å². The fourth-order valence-corrected chi connectivity index (χ4v) is 3.50. The van der Waals surface area contributed by atoms with Gasteiger partial charge < -0.3 is 19.8 Å². The van der Waals surface area contributed by atoms with E-state index in [1.165, 1.54) is 12.1 Å². The minimum Gasteiger partial charge on any atom is -0.444 e. The van der Waals surface area contributed by atoms with Gasteiger partial charge >= 0.3 is 12.1 Å². The van der Waals surface area contributed by atoms with Crippen molar-refractivity contribution >= 4 is 57.8 Å². The van der Waals surface area contributed by atoms with Gasteiger partial charge in [0, 0.05) is 23.5 Å². The number of aromatic amines is 1. The first-order valence-electron chi connectivity index (χ1n) is 9.45. The molecule has 3 rings (SSSR count). The van der Waals surface area contributed by atoms with E-state index in [4.69, 9.17) is 44.3 Å². The molecule has 0 aliphatic heterocycles. The molecular formula is C22H21Cl3N2O4. The molecule has 31 heavy (non-hydrogen) atoms. The number of ether oxygens (including phenoxy) is 2. The van der Waals surface area contributed by atoms with E-state index in [9.17, 15) is 9.59 Å². The summed E-state index contributed by atoms with van der Waals surface area (Å²) in [5, 5.41) is 3.83. The lowest BCUT2D eigenvalue weighted by Gasteiger charge is -2.23. The predicted octanol–water partition coefficient (Wildman–Crippen LogP) is 6.17. The second-order valence-corrected chi connectivity index (χ2v) is 9.02. The summed E-state index contributed by atoms with van der Waals surface area (Å²) in [4.78, 5) is 28.5. The Hall–Kier alpha value is -2.41. The number of aromatic nitrogens is 1. The maximum Gasteiger partial charge on any atom is 0.408 e. The van der Waals surface area contributed by atoms with Crippen LogP contribution in [0.2, 0.25) is 15.1 Å². The highest BCUT2D eigenvalue weighted by Crippen LogP contribution is 2.37. The summed E-state index contributed by atoms with van der Waals surface area (Å²) in [5.74, 6) is -0.688. The molecule has 2 N–H and O–H groups in total. The van der Waals surface area contributed by atoms with Crippen molar-refractivity contribution < 1.29 is 19.1 Å². The van der Waals surface area contributed by atoms with Crippen molar-refractivity contribution in [3.8, 4) is 5.75 Å². The third kappa shape index (κ3) is 5.85. The number of hydrogen-bond donors (Lipinski definition) is 2. The molecular weight excluding hydrogens is 463 g/mol. The van der Waals surface area contributed by atoms with Crippen molar-refractivity contribution in [2.24, 2.45) is 0 Å². The van der Waals surface area contributed by atoms with Gasteiger partial charge in [0.2, 0.25) is 0 Å². The Balaban J connectivity index is 1.86. The van der Waals surface area contributed by atoms with Crippen LogP contribution in [0.5, 0.6) is 5.75 Å². The van der Waals surface area contributed by atoms with Crippen molar-refractivity contribution in [3.63, 3.8) is 0 Å². The maximum atomic E-state index is 13.0. The summed E-state index contributed by atoms with van der Waals surface area (Å²) < 4.78 is 10.7. The number of para-hydroxylation sites is 1. The molecule has 1 atom stereocenters. The van der Waals surface area contributed by atoms with E-state index in [1.807, 2.05) is 24.3 Å². The fourth-order valence-electron chi connectivity index (χ4n) is 2.93. The van der Waals surface area contributed by atoms with Crippen LogP contribution < -0.4 is 10.1 Å². The molecule has 0 saturated heterocycles. The predicted molar refractivity (Wildman–Crippen MR) is 122 cm³/mol. The summed E-state index contributed by atoms with van der Waals surface area (Å²) in [5.41, 5.74) is 1.01. The Kier molecular flexibility index (Phi) is 7.04. The van der Waals surface area contributed by atoms with Gasteiger partial charge in [0.1, 0.15) is 16.7 Å². The normalized spacial score (nSPS) is 12.5. The van der Waals surface area contributed by atoms with Crippen LogP contribution in [0.15, 0.2) is 42.6 Å². The molecule has 0 bridgehead atoms. The topological polar surface area (TPSA) is 80.4 Å². The number of rotatable bonds is 5. The molecule has 0 aliphatic rings. The quantitative estimate of drug-likeness (QED) is 0.258. The number of alkyl carbamates (subject to hydrolysis) is 1. The largest absolute Gasteiger partial charge is 0.444 e. The monoisotopic (exact) mass is 482 g/mol. The zero-order valence-electron chi connectivity index (χ0n) is 17.1. The molecule has 1 aromatic heterocycles. The Morgan fingerprint density at radius 3 is 2.48 bits per heavy atom. The number of halogens is 3. The number of nitrogens with one attached hydrogen (secondary N) is 2. The third-order valence-electron chi connectivity index (χ3n) is 4.28. The van der Waals surface area contributed by atoms with E-state index >= 15 is 0 Å². The lowest BCUT2D eigenvalue weighted by atomic mass is 10.1. The molecule has 2 aromatic carbocycles. The molecule has 0 spiro atoms.